The standard InChI is InChI=1S/C23H23N3O5S2/c1-3-11-26-19-9-8-17(31-2)13-20(19)32-23(26)24-21(27)14-33(29,30)15-22(28)25-12-10-16-6-4-5-7-18(16)25/h3-9,13H,1,10-12,14-15H2,2H3. The number of hydrogen-bond donors (Lipinski definition) is 0. The third-order valence-electron chi connectivity index (χ3n) is 5.30. The van der Waals surface area contributed by atoms with Gasteiger partial charge in [0.1, 0.15) is 17.3 Å². The van der Waals surface area contributed by atoms with Crippen LogP contribution in [0.25, 0.3) is 10.2 Å². The normalized spacial score (nSPS) is 13.8. The van der Waals surface area contributed by atoms with E-state index in [0.29, 0.717) is 30.1 Å². The van der Waals surface area contributed by atoms with Gasteiger partial charge in [0, 0.05) is 18.8 Å². The molecule has 1 aliphatic rings. The molecule has 1 aliphatic heterocycles. The molecule has 10 heteroatoms. The minimum Gasteiger partial charge on any atom is -0.497 e. The summed E-state index contributed by atoms with van der Waals surface area (Å²) in [5.74, 6) is -2.26. The van der Waals surface area contributed by atoms with Gasteiger partial charge >= 0.3 is 0 Å². The van der Waals surface area contributed by atoms with Gasteiger partial charge in [0.05, 0.1) is 17.3 Å². The maximum Gasteiger partial charge on any atom is 0.263 e. The van der Waals surface area contributed by atoms with Gasteiger partial charge in [-0.2, -0.15) is 4.99 Å². The van der Waals surface area contributed by atoms with Crippen LogP contribution >= 0.6 is 11.3 Å². The minimum atomic E-state index is -3.99. The number of fused-ring (bicyclic) bond motifs is 2. The lowest BCUT2D eigenvalue weighted by molar-refractivity contribution is -0.116. The maximum atomic E-state index is 12.7. The first-order valence-corrected chi connectivity index (χ1v) is 12.9. The summed E-state index contributed by atoms with van der Waals surface area (Å²) < 4.78 is 33.1. The van der Waals surface area contributed by atoms with Crippen molar-refractivity contribution in [3.05, 3.63) is 65.5 Å². The molecule has 0 saturated carbocycles. The quantitative estimate of drug-likeness (QED) is 0.479. The van der Waals surface area contributed by atoms with Crippen molar-refractivity contribution in [1.82, 2.24) is 4.57 Å². The van der Waals surface area contributed by atoms with Crippen LogP contribution in [-0.4, -0.2) is 50.0 Å². The number of para-hydroxylation sites is 1. The minimum absolute atomic E-state index is 0.359. The number of allylic oxidation sites excluding steroid dienone is 1. The highest BCUT2D eigenvalue weighted by Gasteiger charge is 2.29. The fourth-order valence-electron chi connectivity index (χ4n) is 3.81. The van der Waals surface area contributed by atoms with Crippen molar-refractivity contribution in [2.75, 3.05) is 30.1 Å². The van der Waals surface area contributed by atoms with E-state index < -0.39 is 33.2 Å². The highest BCUT2D eigenvalue weighted by Crippen LogP contribution is 2.27. The van der Waals surface area contributed by atoms with Crippen LogP contribution in [0.5, 0.6) is 5.75 Å². The number of aromatic nitrogens is 1. The van der Waals surface area contributed by atoms with E-state index in [-0.39, 0.29) is 0 Å². The van der Waals surface area contributed by atoms with Gasteiger partial charge < -0.3 is 14.2 Å². The number of ether oxygens (including phenoxy) is 1. The van der Waals surface area contributed by atoms with Gasteiger partial charge in [0.25, 0.3) is 5.91 Å². The Kier molecular flexibility index (Phi) is 6.48. The van der Waals surface area contributed by atoms with Crippen LogP contribution in [0.3, 0.4) is 0 Å². The van der Waals surface area contributed by atoms with Crippen molar-refractivity contribution in [3.8, 4) is 5.75 Å². The fourth-order valence-corrected chi connectivity index (χ4v) is 5.97. The molecule has 1 aromatic heterocycles. The lowest BCUT2D eigenvalue weighted by atomic mass is 10.2. The smallest absolute Gasteiger partial charge is 0.263 e. The summed E-state index contributed by atoms with van der Waals surface area (Å²) in [6.45, 7) is 4.57. The van der Waals surface area contributed by atoms with E-state index in [2.05, 4.69) is 11.6 Å². The molecule has 0 N–H and O–H groups in total. The molecule has 2 heterocycles. The Balaban J connectivity index is 1.54. The van der Waals surface area contributed by atoms with Crippen molar-refractivity contribution in [2.24, 2.45) is 4.99 Å². The number of carbonyl (C=O) groups excluding carboxylic acids is 2. The number of thiazole rings is 1. The van der Waals surface area contributed by atoms with Gasteiger partial charge in [-0.25, -0.2) is 8.42 Å². The van der Waals surface area contributed by atoms with E-state index in [1.807, 2.05) is 24.3 Å². The summed E-state index contributed by atoms with van der Waals surface area (Å²) in [7, 11) is -2.42. The third kappa shape index (κ3) is 4.91. The molecule has 0 unspecified atom stereocenters. The largest absolute Gasteiger partial charge is 0.497 e. The van der Waals surface area contributed by atoms with Crippen LogP contribution in [0, 0.1) is 0 Å². The number of amides is 2. The lowest BCUT2D eigenvalue weighted by Gasteiger charge is -2.17. The molecule has 2 amide bonds. The van der Waals surface area contributed by atoms with Gasteiger partial charge in [-0.05, 0) is 36.2 Å². The number of carbonyl (C=O) groups is 2. The number of nitrogens with zero attached hydrogens (tertiary/aromatic N) is 3. The molecule has 0 spiro atoms. The molecule has 3 aromatic rings. The van der Waals surface area contributed by atoms with Crippen molar-refractivity contribution in [3.63, 3.8) is 0 Å². The maximum absolute atomic E-state index is 12.7. The van der Waals surface area contributed by atoms with E-state index in [1.54, 1.807) is 36.0 Å². The van der Waals surface area contributed by atoms with E-state index in [1.165, 1.54) is 16.2 Å². The number of sulfone groups is 1. The zero-order valence-corrected chi connectivity index (χ0v) is 19.7. The van der Waals surface area contributed by atoms with E-state index in [9.17, 15) is 18.0 Å². The topological polar surface area (TPSA) is 98.0 Å². The molecule has 0 fully saturated rings. The molecule has 0 atom stereocenters. The first kappa shape index (κ1) is 22.9. The summed E-state index contributed by atoms with van der Waals surface area (Å²) in [5.41, 5.74) is 2.56. The van der Waals surface area contributed by atoms with Crippen LogP contribution in [0.1, 0.15) is 5.56 Å². The second kappa shape index (κ2) is 9.32. The summed E-state index contributed by atoms with van der Waals surface area (Å²) in [6, 6.07) is 12.9. The highest BCUT2D eigenvalue weighted by atomic mass is 32.2. The Morgan fingerprint density at radius 2 is 2.00 bits per heavy atom. The zero-order chi connectivity index (χ0) is 23.6. The van der Waals surface area contributed by atoms with Crippen LogP contribution < -0.4 is 14.4 Å². The Morgan fingerprint density at radius 1 is 1.21 bits per heavy atom. The fraction of sp³-hybridized carbons (Fsp3) is 0.261. The van der Waals surface area contributed by atoms with Crippen molar-refractivity contribution >= 4 is 48.9 Å². The van der Waals surface area contributed by atoms with Crippen molar-refractivity contribution in [1.29, 1.82) is 0 Å². The van der Waals surface area contributed by atoms with Gasteiger partial charge in [-0.3, -0.25) is 9.59 Å². The van der Waals surface area contributed by atoms with Crippen molar-refractivity contribution in [2.45, 2.75) is 13.0 Å². The first-order chi connectivity index (χ1) is 15.8. The van der Waals surface area contributed by atoms with Crippen LogP contribution in [0.15, 0.2) is 60.1 Å². The van der Waals surface area contributed by atoms with Crippen LogP contribution in [0.4, 0.5) is 5.69 Å². The molecule has 4 rings (SSSR count). The van der Waals surface area contributed by atoms with Crippen molar-refractivity contribution < 1.29 is 22.7 Å². The van der Waals surface area contributed by atoms with E-state index >= 15 is 0 Å². The Labute approximate surface area is 195 Å². The number of anilines is 1. The molecule has 172 valence electrons. The lowest BCUT2D eigenvalue weighted by Crippen LogP contribution is -2.36. The molecule has 8 nitrogen and oxygen atoms in total. The molecule has 33 heavy (non-hydrogen) atoms. The summed E-state index contributed by atoms with van der Waals surface area (Å²) in [4.78, 5) is 31.1. The van der Waals surface area contributed by atoms with E-state index in [0.717, 1.165) is 21.5 Å². The highest BCUT2D eigenvalue weighted by molar-refractivity contribution is 7.92. The summed E-state index contributed by atoms with van der Waals surface area (Å²) >= 11 is 1.25. The predicted molar refractivity (Wildman–Crippen MR) is 128 cm³/mol. The monoisotopic (exact) mass is 485 g/mol. The van der Waals surface area contributed by atoms with E-state index in [4.69, 9.17) is 4.74 Å². The molecule has 0 saturated heterocycles. The number of methoxy groups -OCH3 is 1. The molecular formula is C23H23N3O5S2. The first-order valence-electron chi connectivity index (χ1n) is 10.3. The zero-order valence-electron chi connectivity index (χ0n) is 18.1. The Bertz CT molecular complexity index is 1420. The third-order valence-corrected chi connectivity index (χ3v) is 7.71. The average Bonchev–Trinajstić information content (AvgIpc) is 3.34. The molecule has 2 aromatic carbocycles. The summed E-state index contributed by atoms with van der Waals surface area (Å²) in [5, 5.41) is 0. The second-order valence-corrected chi connectivity index (χ2v) is 10.7. The number of rotatable bonds is 7. The second-order valence-electron chi connectivity index (χ2n) is 7.58. The van der Waals surface area contributed by atoms with Gasteiger partial charge in [0.15, 0.2) is 14.6 Å². The molecule has 0 aliphatic carbocycles. The average molecular weight is 486 g/mol. The van der Waals surface area contributed by atoms with Crippen LogP contribution in [-0.2, 0) is 32.4 Å². The SMILES string of the molecule is C=CCn1c(=NC(=O)CS(=O)(=O)CC(=O)N2CCc3ccccc32)sc2cc(OC)ccc21. The van der Waals surface area contributed by atoms with Gasteiger partial charge in [-0.1, -0.05) is 35.6 Å². The van der Waals surface area contributed by atoms with Gasteiger partial charge in [0.2, 0.25) is 5.91 Å². The van der Waals surface area contributed by atoms with Gasteiger partial charge in [-0.15, -0.1) is 6.58 Å². The number of hydrogen-bond acceptors (Lipinski definition) is 6. The summed E-state index contributed by atoms with van der Waals surface area (Å²) in [6.07, 6.45) is 2.35. The predicted octanol–water partition coefficient (Wildman–Crippen LogP) is 2.33. The van der Waals surface area contributed by atoms with Crippen LogP contribution in [0.2, 0.25) is 0 Å². The molecule has 0 bridgehead atoms. The number of benzene rings is 2. The Morgan fingerprint density at radius 3 is 2.76 bits per heavy atom. The molecule has 0 radical (unpaired) electrons. The Hall–Kier alpha value is -3.24. The molecular weight excluding hydrogens is 462 g/mol.